The predicted octanol–water partition coefficient (Wildman–Crippen LogP) is 3.22. The number of Topliss-reactive ketones (excluding diaryl/α,β-unsaturated/α-hetero) is 1. The lowest BCUT2D eigenvalue weighted by Gasteiger charge is -2.20. The molecular weight excluding hydrogens is 332 g/mol. The van der Waals surface area contributed by atoms with Crippen molar-refractivity contribution in [2.24, 2.45) is 0 Å². The molecule has 0 saturated heterocycles. The van der Waals surface area contributed by atoms with Gasteiger partial charge in [-0.25, -0.2) is 0 Å². The van der Waals surface area contributed by atoms with Crippen LogP contribution in [0.1, 0.15) is 15.9 Å². The van der Waals surface area contributed by atoms with Crippen LogP contribution in [0.4, 0.5) is 11.4 Å². The van der Waals surface area contributed by atoms with Gasteiger partial charge in [-0.3, -0.25) is 9.59 Å². The van der Waals surface area contributed by atoms with E-state index in [-0.39, 0.29) is 0 Å². The van der Waals surface area contributed by atoms with Gasteiger partial charge in [-0.1, -0.05) is 28.1 Å². The maximum atomic E-state index is 11.6. The molecule has 1 N–H and O–H groups in total. The summed E-state index contributed by atoms with van der Waals surface area (Å²) in [5, 5.41) is 2.59. The Kier molecular flexibility index (Phi) is 3.51. The molecule has 0 radical (unpaired) electrons. The topological polar surface area (TPSA) is 49.4 Å². The minimum Gasteiger partial charge on any atom is -0.370 e. The Bertz CT molecular complexity index is 726. The Morgan fingerprint density at radius 3 is 2.52 bits per heavy atom. The first-order chi connectivity index (χ1) is 10.0. The molecule has 5 heteroatoms. The summed E-state index contributed by atoms with van der Waals surface area (Å²) in [6.45, 7) is 0.744. The third kappa shape index (κ3) is 2.69. The molecule has 0 atom stereocenters. The second-order valence-corrected chi connectivity index (χ2v) is 5.91. The van der Waals surface area contributed by atoms with Crippen LogP contribution in [0.15, 0.2) is 46.9 Å². The number of benzene rings is 2. The molecule has 0 aliphatic carbocycles. The molecule has 1 aliphatic rings. The highest BCUT2D eigenvalue weighted by Gasteiger charge is 2.28. The molecule has 2 aromatic carbocycles. The van der Waals surface area contributed by atoms with Crippen LogP contribution in [0, 0.1) is 0 Å². The molecule has 1 heterocycles. The average Bonchev–Trinajstić information content (AvgIpc) is 2.76. The van der Waals surface area contributed by atoms with Crippen molar-refractivity contribution in [3.63, 3.8) is 0 Å². The van der Waals surface area contributed by atoms with Crippen LogP contribution in [0.3, 0.4) is 0 Å². The summed E-state index contributed by atoms with van der Waals surface area (Å²) >= 11 is 3.42. The van der Waals surface area contributed by atoms with Crippen LogP contribution in [-0.2, 0) is 11.3 Å². The second-order valence-electron chi connectivity index (χ2n) is 5.00. The van der Waals surface area contributed by atoms with Crippen molar-refractivity contribution in [3.8, 4) is 0 Å². The van der Waals surface area contributed by atoms with E-state index in [9.17, 15) is 9.59 Å². The third-order valence-electron chi connectivity index (χ3n) is 3.48. The summed E-state index contributed by atoms with van der Waals surface area (Å²) in [5.74, 6) is -1.02. The minimum atomic E-state index is -0.558. The van der Waals surface area contributed by atoms with Gasteiger partial charge >= 0.3 is 0 Å². The van der Waals surface area contributed by atoms with Crippen molar-refractivity contribution in [2.75, 3.05) is 17.3 Å². The monoisotopic (exact) mass is 344 g/mol. The number of nitrogens with one attached hydrogen (secondary N) is 1. The zero-order valence-electron chi connectivity index (χ0n) is 11.4. The average molecular weight is 345 g/mol. The van der Waals surface area contributed by atoms with E-state index >= 15 is 0 Å². The standard InChI is InChI=1S/C16H13BrN2O2/c1-19(9-10-2-4-11(17)5-3-10)12-6-7-13-14(8-12)18-16(21)15(13)20/h2-8H,9H2,1H3,(H,18,20,21). The maximum absolute atomic E-state index is 11.6. The molecule has 3 rings (SSSR count). The van der Waals surface area contributed by atoms with E-state index in [1.54, 1.807) is 6.07 Å². The predicted molar refractivity (Wildman–Crippen MR) is 85.7 cm³/mol. The Labute approximate surface area is 130 Å². The van der Waals surface area contributed by atoms with Crippen molar-refractivity contribution in [1.29, 1.82) is 0 Å². The molecule has 0 aromatic heterocycles. The first-order valence-corrected chi connectivity index (χ1v) is 7.29. The number of halogens is 1. The van der Waals surface area contributed by atoms with Crippen molar-refractivity contribution in [1.82, 2.24) is 0 Å². The van der Waals surface area contributed by atoms with Crippen molar-refractivity contribution in [2.45, 2.75) is 6.54 Å². The first kappa shape index (κ1) is 13.8. The number of ketones is 1. The van der Waals surface area contributed by atoms with E-state index < -0.39 is 11.7 Å². The molecule has 0 saturated carbocycles. The van der Waals surface area contributed by atoms with E-state index in [0.717, 1.165) is 16.7 Å². The van der Waals surface area contributed by atoms with Crippen LogP contribution < -0.4 is 10.2 Å². The number of carbonyl (C=O) groups excluding carboxylic acids is 2. The summed E-state index contributed by atoms with van der Waals surface area (Å²) in [4.78, 5) is 25.0. The van der Waals surface area contributed by atoms with Gasteiger partial charge < -0.3 is 10.2 Å². The molecule has 0 spiro atoms. The van der Waals surface area contributed by atoms with Gasteiger partial charge in [0.15, 0.2) is 0 Å². The number of rotatable bonds is 3. The zero-order valence-corrected chi connectivity index (χ0v) is 13.0. The zero-order chi connectivity index (χ0) is 15.0. The maximum Gasteiger partial charge on any atom is 0.296 e. The van der Waals surface area contributed by atoms with E-state index in [1.165, 1.54) is 5.56 Å². The highest BCUT2D eigenvalue weighted by atomic mass is 79.9. The van der Waals surface area contributed by atoms with Crippen LogP contribution in [0.5, 0.6) is 0 Å². The van der Waals surface area contributed by atoms with E-state index in [0.29, 0.717) is 11.3 Å². The normalized spacial score (nSPS) is 13.0. The van der Waals surface area contributed by atoms with Gasteiger partial charge in [-0.2, -0.15) is 0 Å². The molecule has 1 aliphatic heterocycles. The highest BCUT2D eigenvalue weighted by Crippen LogP contribution is 2.28. The third-order valence-corrected chi connectivity index (χ3v) is 4.00. The fourth-order valence-corrected chi connectivity index (χ4v) is 2.59. The van der Waals surface area contributed by atoms with Crippen LogP contribution in [0.2, 0.25) is 0 Å². The van der Waals surface area contributed by atoms with E-state index in [1.807, 2.05) is 31.3 Å². The van der Waals surface area contributed by atoms with Crippen molar-refractivity contribution in [3.05, 3.63) is 58.1 Å². The molecular formula is C16H13BrN2O2. The number of hydrogen-bond donors (Lipinski definition) is 1. The SMILES string of the molecule is CN(Cc1ccc(Br)cc1)c1ccc2c(c1)NC(=O)C2=O. The molecule has 0 fully saturated rings. The quantitative estimate of drug-likeness (QED) is 0.869. The lowest BCUT2D eigenvalue weighted by Crippen LogP contribution is -2.16. The summed E-state index contributed by atoms with van der Waals surface area (Å²) in [5.41, 5.74) is 3.17. The summed E-state index contributed by atoms with van der Waals surface area (Å²) in [6.07, 6.45) is 0. The van der Waals surface area contributed by atoms with Crippen LogP contribution >= 0.6 is 15.9 Å². The summed E-state index contributed by atoms with van der Waals surface area (Å²) in [7, 11) is 1.97. The Hall–Kier alpha value is -2.14. The minimum absolute atomic E-state index is 0.445. The number of fused-ring (bicyclic) bond motifs is 1. The van der Waals surface area contributed by atoms with Gasteiger partial charge in [-0.05, 0) is 35.9 Å². The lowest BCUT2D eigenvalue weighted by molar-refractivity contribution is -0.112. The molecule has 0 unspecified atom stereocenters. The molecule has 2 aromatic rings. The number of amides is 1. The van der Waals surface area contributed by atoms with Gasteiger partial charge in [0.25, 0.3) is 11.7 Å². The van der Waals surface area contributed by atoms with Crippen LogP contribution in [-0.4, -0.2) is 18.7 Å². The molecule has 21 heavy (non-hydrogen) atoms. The fourth-order valence-electron chi connectivity index (χ4n) is 2.33. The Morgan fingerprint density at radius 2 is 1.81 bits per heavy atom. The van der Waals surface area contributed by atoms with Gasteiger partial charge in [0.05, 0.1) is 11.3 Å². The van der Waals surface area contributed by atoms with Crippen molar-refractivity contribution >= 4 is 39.0 Å². The number of hydrogen-bond acceptors (Lipinski definition) is 3. The fraction of sp³-hybridized carbons (Fsp3) is 0.125. The summed E-state index contributed by atoms with van der Waals surface area (Å²) < 4.78 is 1.05. The van der Waals surface area contributed by atoms with Gasteiger partial charge in [0, 0.05) is 23.8 Å². The Balaban J connectivity index is 1.81. The van der Waals surface area contributed by atoms with Crippen molar-refractivity contribution < 1.29 is 9.59 Å². The first-order valence-electron chi connectivity index (χ1n) is 6.50. The number of anilines is 2. The molecule has 106 valence electrons. The van der Waals surface area contributed by atoms with Gasteiger partial charge in [0.2, 0.25) is 0 Å². The van der Waals surface area contributed by atoms with E-state index in [4.69, 9.17) is 0 Å². The van der Waals surface area contributed by atoms with Crippen LogP contribution in [0.25, 0.3) is 0 Å². The highest BCUT2D eigenvalue weighted by molar-refractivity contribution is 9.10. The molecule has 1 amide bonds. The van der Waals surface area contributed by atoms with Gasteiger partial charge in [-0.15, -0.1) is 0 Å². The number of carbonyl (C=O) groups is 2. The summed E-state index contributed by atoms with van der Waals surface area (Å²) in [6, 6.07) is 13.5. The molecule has 0 bridgehead atoms. The van der Waals surface area contributed by atoms with Gasteiger partial charge in [0.1, 0.15) is 0 Å². The lowest BCUT2D eigenvalue weighted by atomic mass is 10.1. The molecule has 4 nitrogen and oxygen atoms in total. The van der Waals surface area contributed by atoms with E-state index in [2.05, 4.69) is 38.3 Å². The largest absolute Gasteiger partial charge is 0.370 e. The Morgan fingerprint density at radius 1 is 1.10 bits per heavy atom. The second kappa shape index (κ2) is 5.33. The number of nitrogens with zero attached hydrogens (tertiary/aromatic N) is 1. The smallest absolute Gasteiger partial charge is 0.296 e.